The van der Waals surface area contributed by atoms with E-state index in [0.717, 1.165) is 5.56 Å². The molecular weight excluding hydrogens is 318 g/mol. The van der Waals surface area contributed by atoms with Gasteiger partial charge in [-0.1, -0.05) is 0 Å². The van der Waals surface area contributed by atoms with Gasteiger partial charge in [0.05, 0.1) is 7.11 Å². The molecule has 1 aromatic heterocycles. The van der Waals surface area contributed by atoms with Crippen molar-refractivity contribution >= 4 is 11.9 Å². The first-order valence-electron chi connectivity index (χ1n) is 8.01. The topological polar surface area (TPSA) is 60.5 Å². The SMILES string of the molecule is COc1cc(NC(=O)OC(C)(C)C)ncc1C1CCC(F)(F)CC1. The second-order valence-corrected chi connectivity index (χ2v) is 7.07. The molecule has 2 rings (SSSR count). The second kappa shape index (κ2) is 6.91. The predicted octanol–water partition coefficient (Wildman–Crippen LogP) is 4.73. The number of nitrogens with one attached hydrogen (secondary N) is 1. The summed E-state index contributed by atoms with van der Waals surface area (Å²) in [6, 6.07) is 1.59. The molecule has 1 aliphatic rings. The molecule has 24 heavy (non-hydrogen) atoms. The molecule has 1 fully saturated rings. The standard InChI is InChI=1S/C17H24F2N2O3/c1-16(2,3)24-15(22)21-14-9-13(23-4)12(10-20-14)11-5-7-17(18,19)8-6-11/h9-11H,5-8H2,1-4H3,(H,20,21,22). The van der Waals surface area contributed by atoms with Gasteiger partial charge in [-0.05, 0) is 39.5 Å². The zero-order valence-corrected chi connectivity index (χ0v) is 14.5. The fraction of sp³-hybridized carbons (Fsp3) is 0.647. The van der Waals surface area contributed by atoms with Crippen LogP contribution in [0.25, 0.3) is 0 Å². The highest BCUT2D eigenvalue weighted by molar-refractivity contribution is 5.83. The number of aromatic nitrogens is 1. The number of ether oxygens (including phenoxy) is 2. The van der Waals surface area contributed by atoms with E-state index >= 15 is 0 Å². The molecule has 0 aliphatic heterocycles. The van der Waals surface area contributed by atoms with Gasteiger partial charge < -0.3 is 9.47 Å². The van der Waals surface area contributed by atoms with Crippen LogP contribution < -0.4 is 10.1 Å². The molecule has 1 heterocycles. The van der Waals surface area contributed by atoms with Crippen LogP contribution in [0.2, 0.25) is 0 Å². The van der Waals surface area contributed by atoms with E-state index < -0.39 is 17.6 Å². The number of rotatable bonds is 3. The van der Waals surface area contributed by atoms with Crippen molar-refractivity contribution in [2.75, 3.05) is 12.4 Å². The molecule has 1 N–H and O–H groups in total. The summed E-state index contributed by atoms with van der Waals surface area (Å²) in [5.41, 5.74) is 0.185. The molecule has 0 unspecified atom stereocenters. The highest BCUT2D eigenvalue weighted by Crippen LogP contribution is 2.43. The van der Waals surface area contributed by atoms with Crippen molar-refractivity contribution in [2.24, 2.45) is 0 Å². The van der Waals surface area contributed by atoms with E-state index in [1.165, 1.54) is 7.11 Å². The van der Waals surface area contributed by atoms with Crippen molar-refractivity contribution in [3.63, 3.8) is 0 Å². The Morgan fingerprint density at radius 3 is 2.50 bits per heavy atom. The predicted molar refractivity (Wildman–Crippen MR) is 86.8 cm³/mol. The van der Waals surface area contributed by atoms with Gasteiger partial charge in [-0.15, -0.1) is 0 Å². The lowest BCUT2D eigenvalue weighted by Crippen LogP contribution is -2.27. The Morgan fingerprint density at radius 2 is 1.96 bits per heavy atom. The van der Waals surface area contributed by atoms with Crippen LogP contribution >= 0.6 is 0 Å². The van der Waals surface area contributed by atoms with Gasteiger partial charge in [-0.3, -0.25) is 5.32 Å². The third-order valence-corrected chi connectivity index (χ3v) is 3.90. The molecule has 0 radical (unpaired) electrons. The monoisotopic (exact) mass is 342 g/mol. The Bertz CT molecular complexity index is 590. The van der Waals surface area contributed by atoms with Crippen molar-refractivity contribution in [2.45, 2.75) is 63.9 Å². The van der Waals surface area contributed by atoms with E-state index in [1.807, 2.05) is 0 Å². The second-order valence-electron chi connectivity index (χ2n) is 7.07. The van der Waals surface area contributed by atoms with Gasteiger partial charge >= 0.3 is 6.09 Å². The van der Waals surface area contributed by atoms with Crippen molar-refractivity contribution in [1.29, 1.82) is 0 Å². The number of anilines is 1. The molecule has 0 atom stereocenters. The largest absolute Gasteiger partial charge is 0.496 e. The fourth-order valence-electron chi connectivity index (χ4n) is 2.76. The van der Waals surface area contributed by atoms with Crippen LogP contribution in [0.3, 0.4) is 0 Å². The average Bonchev–Trinajstić information content (AvgIpc) is 2.45. The highest BCUT2D eigenvalue weighted by Gasteiger charge is 2.36. The summed E-state index contributed by atoms with van der Waals surface area (Å²) in [5.74, 6) is -1.75. The Kier molecular flexibility index (Phi) is 5.30. The number of halogens is 2. The third kappa shape index (κ3) is 5.04. The zero-order valence-electron chi connectivity index (χ0n) is 14.5. The van der Waals surface area contributed by atoms with Crippen LogP contribution in [0.1, 0.15) is 57.9 Å². The van der Waals surface area contributed by atoms with Crippen molar-refractivity contribution < 1.29 is 23.0 Å². The molecule has 1 saturated carbocycles. The van der Waals surface area contributed by atoms with E-state index in [1.54, 1.807) is 33.0 Å². The van der Waals surface area contributed by atoms with E-state index in [4.69, 9.17) is 9.47 Å². The summed E-state index contributed by atoms with van der Waals surface area (Å²) in [5, 5.41) is 2.54. The quantitative estimate of drug-likeness (QED) is 0.862. The minimum atomic E-state index is -2.57. The summed E-state index contributed by atoms with van der Waals surface area (Å²) < 4.78 is 37.1. The molecule has 0 spiro atoms. The lowest BCUT2D eigenvalue weighted by molar-refractivity contribution is -0.0383. The number of hydrogen-bond acceptors (Lipinski definition) is 4. The number of amides is 1. The molecule has 0 saturated heterocycles. The molecule has 1 aliphatic carbocycles. The maximum Gasteiger partial charge on any atom is 0.413 e. The number of hydrogen-bond donors (Lipinski definition) is 1. The maximum atomic E-state index is 13.3. The Balaban J connectivity index is 2.09. The summed E-state index contributed by atoms with van der Waals surface area (Å²) in [7, 11) is 1.51. The van der Waals surface area contributed by atoms with Crippen LogP contribution in [-0.4, -0.2) is 29.7 Å². The van der Waals surface area contributed by atoms with Gasteiger partial charge in [0.2, 0.25) is 5.92 Å². The van der Waals surface area contributed by atoms with Gasteiger partial charge in [0.1, 0.15) is 17.2 Å². The number of nitrogens with zero attached hydrogens (tertiary/aromatic N) is 1. The number of pyridine rings is 1. The molecule has 0 bridgehead atoms. The molecule has 1 aromatic rings. The molecule has 5 nitrogen and oxygen atoms in total. The van der Waals surface area contributed by atoms with Crippen LogP contribution in [0.15, 0.2) is 12.3 Å². The van der Waals surface area contributed by atoms with Gasteiger partial charge in [0.15, 0.2) is 0 Å². The zero-order chi connectivity index (χ0) is 18.0. The van der Waals surface area contributed by atoms with E-state index in [-0.39, 0.29) is 18.8 Å². The van der Waals surface area contributed by atoms with Gasteiger partial charge in [-0.25, -0.2) is 18.6 Å². The molecular formula is C17H24F2N2O3. The van der Waals surface area contributed by atoms with Crippen LogP contribution in [0, 0.1) is 0 Å². The summed E-state index contributed by atoms with van der Waals surface area (Å²) in [4.78, 5) is 16.0. The van der Waals surface area contributed by atoms with Gasteiger partial charge in [0.25, 0.3) is 0 Å². The normalized spacial score (nSPS) is 18.1. The summed E-state index contributed by atoms with van der Waals surface area (Å²) >= 11 is 0. The van der Waals surface area contributed by atoms with E-state index in [9.17, 15) is 13.6 Å². The summed E-state index contributed by atoms with van der Waals surface area (Å²) in [6.45, 7) is 5.30. The molecule has 0 aromatic carbocycles. The fourth-order valence-corrected chi connectivity index (χ4v) is 2.76. The average molecular weight is 342 g/mol. The van der Waals surface area contributed by atoms with Gasteiger partial charge in [-0.2, -0.15) is 0 Å². The van der Waals surface area contributed by atoms with Crippen molar-refractivity contribution in [3.8, 4) is 5.75 Å². The Labute approximate surface area is 140 Å². The lowest BCUT2D eigenvalue weighted by Gasteiger charge is -2.29. The minimum Gasteiger partial charge on any atom is -0.496 e. The third-order valence-electron chi connectivity index (χ3n) is 3.90. The first kappa shape index (κ1) is 18.4. The van der Waals surface area contributed by atoms with E-state index in [2.05, 4.69) is 10.3 Å². The number of alkyl halides is 2. The Morgan fingerprint density at radius 1 is 1.33 bits per heavy atom. The molecule has 7 heteroatoms. The minimum absolute atomic E-state index is 0.0114. The number of carbonyl (C=O) groups is 1. The smallest absolute Gasteiger partial charge is 0.413 e. The van der Waals surface area contributed by atoms with Gasteiger partial charge in [0, 0.05) is 30.7 Å². The van der Waals surface area contributed by atoms with Crippen LogP contribution in [-0.2, 0) is 4.74 Å². The first-order chi connectivity index (χ1) is 11.1. The first-order valence-corrected chi connectivity index (χ1v) is 8.01. The van der Waals surface area contributed by atoms with Crippen molar-refractivity contribution in [1.82, 2.24) is 4.98 Å². The van der Waals surface area contributed by atoms with Crippen molar-refractivity contribution in [3.05, 3.63) is 17.8 Å². The van der Waals surface area contributed by atoms with E-state index in [0.29, 0.717) is 24.4 Å². The lowest BCUT2D eigenvalue weighted by atomic mass is 9.82. The Hall–Kier alpha value is -1.92. The number of methoxy groups -OCH3 is 1. The van der Waals surface area contributed by atoms with Crippen LogP contribution in [0.4, 0.5) is 19.4 Å². The number of carbonyl (C=O) groups excluding carboxylic acids is 1. The molecule has 134 valence electrons. The summed E-state index contributed by atoms with van der Waals surface area (Å²) in [6.07, 6.45) is 1.51. The maximum absolute atomic E-state index is 13.3. The van der Waals surface area contributed by atoms with Crippen LogP contribution in [0.5, 0.6) is 5.75 Å². The molecule has 1 amide bonds. The highest BCUT2D eigenvalue weighted by atomic mass is 19.3.